The fraction of sp³-hybridized carbons (Fsp3) is 0.931. The van der Waals surface area contributed by atoms with Crippen molar-refractivity contribution < 1.29 is 70.7 Å². The van der Waals surface area contributed by atoms with Gasteiger partial charge in [-0.15, -0.1) is 6.54 Å². The molecule has 2 bridgehead atoms. The van der Waals surface area contributed by atoms with Crippen LogP contribution in [0.15, 0.2) is 18.2 Å². The van der Waals surface area contributed by atoms with Crippen molar-refractivity contribution in [2.75, 3.05) is 190 Å². The summed E-state index contributed by atoms with van der Waals surface area (Å²) in [7, 11) is 40.4. The Morgan fingerprint density at radius 3 is 0.973 bits per heavy atom. The smallest absolute Gasteiger partial charge is 0.0740 e. The molecule has 3 saturated heterocycles. The number of rotatable bonds is 14. The number of hydrogen-bond donors (Lipinski definition) is 22. The van der Waals surface area contributed by atoms with Gasteiger partial charge in [-0.3, -0.25) is 16.8 Å². The predicted octanol–water partition coefficient (Wildman–Crippen LogP) is 2.60. The third-order valence-electron chi connectivity index (χ3n) is 21.1. The van der Waals surface area contributed by atoms with Crippen LogP contribution in [0.2, 0.25) is 0 Å². The first kappa shape index (κ1) is 111. The standard InChI is InChI=1S/C22H46N6.C20H43ClN7.C17H38N6.C13H23N5.9ClH.4Mn/c1-23-12-6-7-18-17-28-22-11-5-4-10-21(22)27-16-15-26-20-9-3-2-8-19(20)25-14-13-24-18;21-28-10-4-6-18-16-27-20-8-2-1-7-19(20)25-14-12-23-11-13-24-17(15-26-18)5-3-9-22;18-7-3-4-15-14-23-17-6-2-1-5-16(17)22-13-11-20-9-8-19-10-12-21-15;1-2-12-10-16-8-6-14-4-5-15-7-9-17-11-13(3-1)18-12;;;;;;;;;;;;;/h18-28H,2-17H2,1H3;17-20,23-27H,1-16,22H2;15-17,19-23H,1-14,18H2;1-3,14-17H,4-11H2;9*1H;;;;/q;-1;;;;;;;;;;;;4*+2/p-8/t18-,19+,20+,21+,22+;17-,18+,19-,20-;15-,16+,17+;;;;;;;;;;;;;;/m010............../s1. The molecule has 5 heterocycles. The minimum atomic E-state index is 0. The van der Waals surface area contributed by atoms with Crippen LogP contribution in [0, 0.1) is 0 Å². The summed E-state index contributed by atoms with van der Waals surface area (Å²) in [4.78, 5) is 8.38. The molecule has 0 unspecified atom stereocenters. The van der Waals surface area contributed by atoms with Crippen LogP contribution in [0.4, 0.5) is 0 Å². The van der Waals surface area contributed by atoms with Crippen LogP contribution in [-0.4, -0.2) is 268 Å². The van der Waals surface area contributed by atoms with Gasteiger partial charge in [-0.05, 0) is 129 Å². The number of nitrogens with two attached hydrogens (primary N) is 1. The largest absolute Gasteiger partial charge is 0.575 e. The molecule has 24 nitrogen and oxygen atoms in total. The first-order valence-electron chi connectivity index (χ1n) is 41.3. The van der Waals surface area contributed by atoms with Gasteiger partial charge in [-0.2, -0.15) is 0 Å². The molecule has 0 aromatic carbocycles. The molecule has 7 fully saturated rings. The van der Waals surface area contributed by atoms with Gasteiger partial charge in [0, 0.05) is 243 Å². The molecule has 38 heteroatoms. The van der Waals surface area contributed by atoms with Crippen molar-refractivity contribution in [1.29, 1.82) is 0 Å². The maximum atomic E-state index is 5.70. The summed E-state index contributed by atoms with van der Waals surface area (Å²) in [5, 5.41) is 73.4. The minimum absolute atomic E-state index is 0. The van der Waals surface area contributed by atoms with E-state index < -0.39 is 0 Å². The summed E-state index contributed by atoms with van der Waals surface area (Å²) in [5.74, 6) is 0. The summed E-state index contributed by atoms with van der Waals surface area (Å²) in [6, 6.07) is 13.3. The summed E-state index contributed by atoms with van der Waals surface area (Å²) in [5.41, 5.74) is 11.9. The maximum absolute atomic E-state index is 5.70. The molecule has 25 N–H and O–H groups in total. The summed E-state index contributed by atoms with van der Waals surface area (Å²) in [6.45, 7) is 30.2. The summed E-state index contributed by atoms with van der Waals surface area (Å²) >= 11 is 5.57. The number of quaternary nitrogens is 1. The molecule has 0 spiro atoms. The number of halogens is 10. The second kappa shape index (κ2) is 84.4. The van der Waals surface area contributed by atoms with E-state index in [9.17, 15) is 0 Å². The molecule has 658 valence electrons. The van der Waals surface area contributed by atoms with Gasteiger partial charge in [-0.25, -0.2) is 0 Å². The van der Waals surface area contributed by atoms with Gasteiger partial charge in [0.1, 0.15) is 0 Å². The van der Waals surface area contributed by atoms with E-state index in [-0.39, 0.29) is 64.9 Å². The van der Waals surface area contributed by atoms with Gasteiger partial charge in [0.05, 0.1) is 17.9 Å². The quantitative estimate of drug-likeness (QED) is 0.0940. The van der Waals surface area contributed by atoms with Crippen LogP contribution < -0.4 is 130 Å². The molecule has 4 aliphatic carbocycles. The molecule has 110 heavy (non-hydrogen) atoms. The Bertz CT molecular complexity index is 2040. The van der Waals surface area contributed by atoms with Crippen LogP contribution in [0.25, 0.3) is 4.84 Å². The number of pyridine rings is 1. The van der Waals surface area contributed by atoms with Crippen molar-refractivity contribution in [1.82, 2.24) is 111 Å². The van der Waals surface area contributed by atoms with Crippen LogP contribution in [-0.2, 0) is 65.6 Å². The van der Waals surface area contributed by atoms with E-state index >= 15 is 0 Å². The normalized spacial score (nSPS) is 28.0. The molecule has 0 amide bonds. The average molecular weight is 1930 g/mol. The number of fused-ring (bicyclic) bond motifs is 6. The zero-order valence-electron chi connectivity index (χ0n) is 66.3. The van der Waals surface area contributed by atoms with E-state index in [1.165, 1.54) is 128 Å². The van der Waals surface area contributed by atoms with Crippen molar-refractivity contribution >= 4 is 92.6 Å². The van der Waals surface area contributed by atoms with Crippen LogP contribution >= 0.6 is 92.6 Å². The van der Waals surface area contributed by atoms with E-state index in [4.69, 9.17) is 98.3 Å². The molecule has 12 atom stereocenters. The van der Waals surface area contributed by atoms with Gasteiger partial charge in [0.25, 0.3) is 0 Å². The van der Waals surface area contributed by atoms with E-state index in [0.29, 0.717) is 72.5 Å². The van der Waals surface area contributed by atoms with E-state index in [2.05, 4.69) is 147 Å². The molecular weight excluding hydrogens is 1780 g/mol. The molecule has 0 radical (unpaired) electrons. The Balaban J connectivity index is 0.000000702. The zero-order chi connectivity index (χ0) is 78.8. The van der Waals surface area contributed by atoms with Gasteiger partial charge in [0.15, 0.2) is 0 Å². The van der Waals surface area contributed by atoms with Gasteiger partial charge in [-0.1, -0.05) is 63.9 Å². The van der Waals surface area contributed by atoms with Gasteiger partial charge in [0.2, 0.25) is 0 Å². The first-order chi connectivity index (χ1) is 53.7. The minimum Gasteiger partial charge on any atom is -0.575 e. The fourth-order valence-electron chi connectivity index (χ4n) is 15.4. The second-order valence-corrected chi connectivity index (χ2v) is 37.2. The topological polar surface area (TPSA) is 321 Å². The Labute approximate surface area is 737 Å². The molecule has 1 aromatic rings. The molecule has 8 aliphatic rings. The molecule has 4 saturated carbocycles. The summed E-state index contributed by atoms with van der Waals surface area (Å²) in [6.07, 6.45) is 30.6. The Morgan fingerprint density at radius 2 is 0.645 bits per heavy atom. The molecule has 1 aromatic heterocycles. The third-order valence-corrected chi connectivity index (χ3v) is 21.3. The number of nitrogens with one attached hydrogen (secondary N) is 20. The molecular formula is C72H151Cl10Mn4N24-. The zero-order valence-corrected chi connectivity index (χ0v) is 78.6. The molecule has 4 aliphatic heterocycles. The Kier molecular flexibility index (Phi) is 85.4. The van der Waals surface area contributed by atoms with Crippen molar-refractivity contribution in [3.8, 4) is 0 Å². The average Bonchev–Trinajstić information content (AvgIpc) is 1.25. The fourth-order valence-corrected chi connectivity index (χ4v) is 15.5. The van der Waals surface area contributed by atoms with E-state index in [1.54, 1.807) is 0 Å². The monoisotopic (exact) mass is 1920 g/mol. The summed E-state index contributed by atoms with van der Waals surface area (Å²) < 4.78 is 0. The van der Waals surface area contributed by atoms with Crippen molar-refractivity contribution in [3.05, 3.63) is 34.4 Å². The second-order valence-electron chi connectivity index (χ2n) is 29.1. The molecule has 9 rings (SSSR count). The van der Waals surface area contributed by atoms with Crippen molar-refractivity contribution in [3.63, 3.8) is 0 Å². The first-order valence-corrected chi connectivity index (χ1v) is 54.6. The van der Waals surface area contributed by atoms with Crippen LogP contribution in [0.1, 0.15) is 165 Å². The van der Waals surface area contributed by atoms with Gasteiger partial charge < -0.3 is 135 Å². The van der Waals surface area contributed by atoms with E-state index in [1.807, 2.05) is 0 Å². The van der Waals surface area contributed by atoms with Crippen LogP contribution in [0.5, 0.6) is 0 Å². The van der Waals surface area contributed by atoms with E-state index in [0.717, 1.165) is 233 Å². The predicted molar refractivity (Wildman–Crippen MR) is 456 cm³/mol. The van der Waals surface area contributed by atoms with Crippen molar-refractivity contribution in [2.45, 2.75) is 240 Å². The third kappa shape index (κ3) is 62.3. The Morgan fingerprint density at radius 1 is 0.382 bits per heavy atom. The number of hydrogen-bond acceptors (Lipinski definition) is 22. The number of nitrogens with zero attached hydrogens (tertiary/aromatic N) is 2. The van der Waals surface area contributed by atoms with Crippen LogP contribution in [0.3, 0.4) is 0 Å². The van der Waals surface area contributed by atoms with Gasteiger partial charge >= 0.3 is 133 Å². The number of aromatic nitrogens is 1. The Hall–Kier alpha value is 3.21. The maximum Gasteiger partial charge on any atom is 0.0740 e. The van der Waals surface area contributed by atoms with Crippen molar-refractivity contribution in [2.24, 2.45) is 5.73 Å². The SMILES string of the molecule is CNCCC[C@H]1CN[C@@H]2CCCC[C@H]2NCCN[C@@H]2CCCC[C@H]2NCCN1.NCCC[C@H]1CN[C@@H]2CCCC[C@H]2NCCNCCNCCN1.[Cl-].[Cl][Mn][Cl].[Cl][Mn][Cl].[Cl][Mn][Cl].[Cl][Mn][Cl].[NH3+]CCC[C@@H]1CN[C@@H](CCC[N-]Cl)CN[C@@H]2CCCC[C@H]2NCCNCCN1.c1cc2nc(c1)CNCCNCCNCCNC2.